The van der Waals surface area contributed by atoms with Crippen molar-refractivity contribution in [1.29, 1.82) is 5.26 Å². The van der Waals surface area contributed by atoms with E-state index in [-0.39, 0.29) is 16.8 Å². The van der Waals surface area contributed by atoms with E-state index in [9.17, 15) is 23.2 Å². The highest BCUT2D eigenvalue weighted by Crippen LogP contribution is 2.31. The Morgan fingerprint density at radius 3 is 2.78 bits per heavy atom. The van der Waals surface area contributed by atoms with Gasteiger partial charge >= 0.3 is 11.8 Å². The van der Waals surface area contributed by atoms with Gasteiger partial charge in [0.2, 0.25) is 0 Å². The summed E-state index contributed by atoms with van der Waals surface area (Å²) in [5, 5.41) is 14.8. The number of alkyl halides is 3. The molecule has 5 nitrogen and oxygen atoms in total. The normalized spacial score (nSPS) is 12.0. The molecule has 4 rings (SSSR count). The average Bonchev–Trinajstić information content (AvgIpc) is 3.23. The molecule has 0 radical (unpaired) electrons. The molecular weight excluding hydrogens is 507 g/mol. The lowest BCUT2D eigenvalue weighted by Gasteiger charge is -2.08. The number of hydrogen-bond acceptors (Lipinski definition) is 6. The van der Waals surface area contributed by atoms with Crippen molar-refractivity contribution in [3.05, 3.63) is 85.6 Å². The van der Waals surface area contributed by atoms with E-state index < -0.39 is 17.4 Å². The molecule has 0 aliphatic heterocycles. The van der Waals surface area contributed by atoms with Crippen molar-refractivity contribution in [2.24, 2.45) is 0 Å². The molecule has 2 heterocycles. The maximum Gasteiger partial charge on any atom is 0.416 e. The number of nitrogens with one attached hydrogen (secondary N) is 1. The second kappa shape index (κ2) is 8.61. The van der Waals surface area contributed by atoms with Gasteiger partial charge in [-0.1, -0.05) is 22.0 Å². The lowest BCUT2D eigenvalue weighted by Crippen LogP contribution is -2.05. The van der Waals surface area contributed by atoms with Crippen LogP contribution in [0, 0.1) is 11.3 Å². The molecule has 10 heteroatoms. The fourth-order valence-corrected chi connectivity index (χ4v) is 4.04. The Balaban J connectivity index is 1.64. The Kier molecular flexibility index (Phi) is 5.86. The van der Waals surface area contributed by atoms with E-state index in [4.69, 9.17) is 4.42 Å². The third-order valence-corrected chi connectivity index (χ3v) is 5.77. The first-order valence-electron chi connectivity index (χ1n) is 8.98. The maximum atomic E-state index is 12.9. The summed E-state index contributed by atoms with van der Waals surface area (Å²) in [4.78, 5) is 16.7. The van der Waals surface area contributed by atoms with Crippen LogP contribution in [0.5, 0.6) is 0 Å². The monoisotopic (exact) mass is 517 g/mol. The van der Waals surface area contributed by atoms with Crippen LogP contribution in [0.15, 0.2) is 73.8 Å². The Labute approximate surface area is 191 Å². The first kappa shape index (κ1) is 21.8. The molecule has 0 bridgehead atoms. The number of nitrogens with zero attached hydrogens (tertiary/aromatic N) is 2. The highest BCUT2D eigenvalue weighted by molar-refractivity contribution is 9.10. The predicted molar refractivity (Wildman–Crippen MR) is 120 cm³/mol. The van der Waals surface area contributed by atoms with Gasteiger partial charge in [-0.25, -0.2) is 9.78 Å². The molecule has 0 aliphatic rings. The summed E-state index contributed by atoms with van der Waals surface area (Å²) in [6, 6.07) is 13.5. The van der Waals surface area contributed by atoms with Crippen LogP contribution in [0.2, 0.25) is 0 Å². The van der Waals surface area contributed by atoms with Gasteiger partial charge in [-0.05, 0) is 42.5 Å². The molecular formula is C22H11BrF3N3O2S. The first-order chi connectivity index (χ1) is 15.2. The summed E-state index contributed by atoms with van der Waals surface area (Å²) < 4.78 is 44.8. The number of aromatic nitrogens is 1. The fourth-order valence-electron chi connectivity index (χ4n) is 2.88. The van der Waals surface area contributed by atoms with Gasteiger partial charge in [0.25, 0.3) is 0 Å². The Hall–Kier alpha value is -3.42. The number of hydrogen-bond donors (Lipinski definition) is 1. The predicted octanol–water partition coefficient (Wildman–Crippen LogP) is 6.67. The van der Waals surface area contributed by atoms with E-state index in [0.717, 1.165) is 27.9 Å². The van der Waals surface area contributed by atoms with Crippen molar-refractivity contribution in [2.45, 2.75) is 6.18 Å². The number of thiazole rings is 1. The minimum Gasteiger partial charge on any atom is -0.422 e. The van der Waals surface area contributed by atoms with Crippen LogP contribution in [-0.2, 0) is 6.18 Å². The van der Waals surface area contributed by atoms with E-state index >= 15 is 0 Å². The molecule has 2 aromatic carbocycles. The molecule has 0 fully saturated rings. The zero-order chi connectivity index (χ0) is 22.9. The smallest absolute Gasteiger partial charge is 0.416 e. The zero-order valence-corrected chi connectivity index (χ0v) is 18.3. The summed E-state index contributed by atoms with van der Waals surface area (Å²) >= 11 is 4.49. The lowest BCUT2D eigenvalue weighted by molar-refractivity contribution is -0.137. The van der Waals surface area contributed by atoms with Gasteiger partial charge in [-0.3, -0.25) is 0 Å². The van der Waals surface area contributed by atoms with Crippen molar-refractivity contribution in [2.75, 3.05) is 5.32 Å². The molecule has 2 aromatic heterocycles. The summed E-state index contributed by atoms with van der Waals surface area (Å²) in [6.45, 7) is 0. The van der Waals surface area contributed by atoms with E-state index in [2.05, 4.69) is 26.2 Å². The minimum atomic E-state index is -4.47. The summed E-state index contributed by atoms with van der Waals surface area (Å²) in [6.07, 6.45) is -3.20. The molecule has 32 heavy (non-hydrogen) atoms. The Morgan fingerprint density at radius 1 is 1.22 bits per heavy atom. The van der Waals surface area contributed by atoms with Crippen molar-refractivity contribution in [3.63, 3.8) is 0 Å². The van der Waals surface area contributed by atoms with E-state index in [1.54, 1.807) is 29.6 Å². The van der Waals surface area contributed by atoms with Crippen LogP contribution in [-0.4, -0.2) is 4.98 Å². The standard InChI is InChI=1S/C22H11BrF3N3O2S/c23-15-4-5-19-12(6-15)7-17(21(30)31-19)18-11-32-20(29-18)13(9-27)10-28-16-3-1-2-14(8-16)22(24,25)26/h1-8,10-11,28H/b13-10+. The van der Waals surface area contributed by atoms with Gasteiger partial charge in [-0.15, -0.1) is 11.3 Å². The number of benzene rings is 2. The largest absolute Gasteiger partial charge is 0.422 e. The zero-order valence-electron chi connectivity index (χ0n) is 15.9. The fraction of sp³-hybridized carbons (Fsp3) is 0.0455. The molecule has 0 aliphatic carbocycles. The molecule has 4 aromatic rings. The molecule has 0 atom stereocenters. The van der Waals surface area contributed by atoms with E-state index in [1.807, 2.05) is 6.07 Å². The number of nitriles is 1. The molecule has 160 valence electrons. The van der Waals surface area contributed by atoms with Gasteiger partial charge in [0, 0.05) is 27.1 Å². The van der Waals surface area contributed by atoms with E-state index in [1.165, 1.54) is 18.3 Å². The summed E-state index contributed by atoms with van der Waals surface area (Å²) in [7, 11) is 0. The third kappa shape index (κ3) is 4.59. The van der Waals surface area contributed by atoms with Crippen LogP contribution >= 0.6 is 27.3 Å². The molecule has 0 unspecified atom stereocenters. The quantitative estimate of drug-likeness (QED) is 0.241. The van der Waals surface area contributed by atoms with E-state index in [0.29, 0.717) is 21.7 Å². The van der Waals surface area contributed by atoms with Crippen molar-refractivity contribution < 1.29 is 17.6 Å². The molecule has 0 amide bonds. The number of allylic oxidation sites excluding steroid dienone is 1. The van der Waals surface area contributed by atoms with Crippen LogP contribution in [0.25, 0.3) is 27.8 Å². The Morgan fingerprint density at radius 2 is 2.03 bits per heavy atom. The van der Waals surface area contributed by atoms with Crippen LogP contribution in [0.3, 0.4) is 0 Å². The number of rotatable bonds is 4. The summed E-state index contributed by atoms with van der Waals surface area (Å²) in [5.74, 6) is 0. The van der Waals surface area contributed by atoms with Crippen molar-refractivity contribution in [1.82, 2.24) is 4.98 Å². The first-order valence-corrected chi connectivity index (χ1v) is 10.7. The Bertz CT molecular complexity index is 1450. The lowest BCUT2D eigenvalue weighted by atomic mass is 10.1. The van der Waals surface area contributed by atoms with Crippen LogP contribution in [0.1, 0.15) is 10.6 Å². The SMILES string of the molecule is N#C/C(=C\Nc1cccc(C(F)(F)F)c1)c1nc(-c2cc3cc(Br)ccc3oc2=O)cs1. The van der Waals surface area contributed by atoms with Crippen LogP contribution < -0.4 is 10.9 Å². The van der Waals surface area contributed by atoms with Gasteiger partial charge in [-0.2, -0.15) is 18.4 Å². The minimum absolute atomic E-state index is 0.103. The van der Waals surface area contributed by atoms with Gasteiger partial charge in [0.1, 0.15) is 22.2 Å². The number of halogens is 4. The second-order valence-corrected chi connectivity index (χ2v) is 8.33. The second-order valence-electron chi connectivity index (χ2n) is 6.56. The van der Waals surface area contributed by atoms with Gasteiger partial charge in [0.05, 0.1) is 16.8 Å². The molecule has 0 spiro atoms. The highest BCUT2D eigenvalue weighted by Gasteiger charge is 2.30. The molecule has 0 saturated heterocycles. The maximum absolute atomic E-state index is 12.9. The van der Waals surface area contributed by atoms with Crippen molar-refractivity contribution in [3.8, 4) is 17.3 Å². The van der Waals surface area contributed by atoms with Crippen LogP contribution in [0.4, 0.5) is 18.9 Å². The van der Waals surface area contributed by atoms with Crippen molar-refractivity contribution >= 4 is 49.5 Å². The topological polar surface area (TPSA) is 78.9 Å². The average molecular weight is 518 g/mol. The molecule has 0 saturated carbocycles. The number of anilines is 1. The van der Waals surface area contributed by atoms with Gasteiger partial charge in [0.15, 0.2) is 0 Å². The van der Waals surface area contributed by atoms with Gasteiger partial charge < -0.3 is 9.73 Å². The highest BCUT2D eigenvalue weighted by atomic mass is 79.9. The number of fused-ring (bicyclic) bond motifs is 1. The molecule has 1 N–H and O–H groups in total. The third-order valence-electron chi connectivity index (χ3n) is 4.40. The summed E-state index contributed by atoms with van der Waals surface area (Å²) in [5.41, 5.74) is -0.0964.